The normalized spacial score (nSPS) is 25.4. The molecule has 22 heavy (non-hydrogen) atoms. The summed E-state index contributed by atoms with van der Waals surface area (Å²) < 4.78 is 31.2. The number of aromatic nitrogens is 2. The molecule has 3 heterocycles. The zero-order chi connectivity index (χ0) is 15.6. The highest BCUT2D eigenvalue weighted by molar-refractivity contribution is 7.89. The lowest BCUT2D eigenvalue weighted by Crippen LogP contribution is -2.38. The molecule has 2 aliphatic rings. The second-order valence-electron chi connectivity index (χ2n) is 6.10. The number of nitrogens with zero attached hydrogens (tertiary/aromatic N) is 3. The van der Waals surface area contributed by atoms with Crippen LogP contribution in [-0.2, 0) is 10.0 Å². The van der Waals surface area contributed by atoms with Crippen LogP contribution in [0.4, 0.5) is 0 Å². The number of nitrogens with one attached hydrogen (secondary N) is 1. The molecule has 1 N–H and O–H groups in total. The van der Waals surface area contributed by atoms with Crippen molar-refractivity contribution in [3.8, 4) is 0 Å². The molecule has 0 saturated carbocycles. The summed E-state index contributed by atoms with van der Waals surface area (Å²) in [5, 5.41) is 11.8. The SMILES string of the molecule is CCS(=O)(=O)N1CCC(c2nnc([C@@H]3CCCNC3)o2)CC1. The quantitative estimate of drug-likeness (QED) is 0.889. The molecule has 0 amide bonds. The molecule has 0 unspecified atom stereocenters. The fourth-order valence-corrected chi connectivity index (χ4v) is 4.33. The van der Waals surface area contributed by atoms with Crippen LogP contribution in [0, 0.1) is 0 Å². The molecule has 2 aliphatic heterocycles. The summed E-state index contributed by atoms with van der Waals surface area (Å²) in [4.78, 5) is 0. The number of rotatable bonds is 4. The maximum Gasteiger partial charge on any atom is 0.220 e. The lowest BCUT2D eigenvalue weighted by molar-refractivity contribution is 0.280. The standard InChI is InChI=1S/C14H24N4O3S/c1-2-22(19,20)18-8-5-11(6-9-18)13-16-17-14(21-13)12-4-3-7-15-10-12/h11-12,15H,2-10H2,1H3/t12-/m1/s1. The smallest absolute Gasteiger partial charge is 0.220 e. The Morgan fingerprint density at radius 2 is 1.86 bits per heavy atom. The second kappa shape index (κ2) is 6.64. The Kier molecular flexibility index (Phi) is 4.79. The van der Waals surface area contributed by atoms with Gasteiger partial charge in [-0.3, -0.25) is 0 Å². The summed E-state index contributed by atoms with van der Waals surface area (Å²) in [5.74, 6) is 2.06. The summed E-state index contributed by atoms with van der Waals surface area (Å²) in [6.07, 6.45) is 3.73. The predicted octanol–water partition coefficient (Wildman–Crippen LogP) is 1.07. The van der Waals surface area contributed by atoms with Crippen LogP contribution in [0.15, 0.2) is 4.42 Å². The van der Waals surface area contributed by atoms with Gasteiger partial charge in [0, 0.05) is 31.5 Å². The van der Waals surface area contributed by atoms with Gasteiger partial charge in [0.05, 0.1) is 5.75 Å². The molecule has 0 aliphatic carbocycles. The van der Waals surface area contributed by atoms with Gasteiger partial charge in [0.25, 0.3) is 0 Å². The third-order valence-electron chi connectivity index (χ3n) is 4.66. The highest BCUT2D eigenvalue weighted by atomic mass is 32.2. The topological polar surface area (TPSA) is 88.3 Å². The van der Waals surface area contributed by atoms with Gasteiger partial charge in [-0.1, -0.05) is 0 Å². The van der Waals surface area contributed by atoms with Gasteiger partial charge in [-0.15, -0.1) is 10.2 Å². The maximum absolute atomic E-state index is 11.9. The Morgan fingerprint density at radius 1 is 1.18 bits per heavy atom. The van der Waals surface area contributed by atoms with Gasteiger partial charge in [-0.2, -0.15) is 0 Å². The lowest BCUT2D eigenvalue weighted by Gasteiger charge is -2.29. The highest BCUT2D eigenvalue weighted by Gasteiger charge is 2.31. The van der Waals surface area contributed by atoms with Crippen molar-refractivity contribution in [2.45, 2.75) is 44.4 Å². The summed E-state index contributed by atoms with van der Waals surface area (Å²) in [6, 6.07) is 0. The molecule has 0 radical (unpaired) electrons. The molecule has 3 rings (SSSR count). The fourth-order valence-electron chi connectivity index (χ4n) is 3.20. The summed E-state index contributed by atoms with van der Waals surface area (Å²) in [6.45, 7) is 4.73. The molecule has 0 spiro atoms. The molecule has 2 fully saturated rings. The van der Waals surface area contributed by atoms with E-state index in [1.165, 1.54) is 0 Å². The van der Waals surface area contributed by atoms with Gasteiger partial charge in [-0.05, 0) is 39.2 Å². The van der Waals surface area contributed by atoms with Crippen molar-refractivity contribution < 1.29 is 12.8 Å². The first kappa shape index (κ1) is 15.9. The average molecular weight is 328 g/mol. The van der Waals surface area contributed by atoms with Gasteiger partial charge >= 0.3 is 0 Å². The third-order valence-corrected chi connectivity index (χ3v) is 6.55. The van der Waals surface area contributed by atoms with Crippen LogP contribution in [0.25, 0.3) is 0 Å². The van der Waals surface area contributed by atoms with Crippen molar-refractivity contribution in [2.75, 3.05) is 31.9 Å². The van der Waals surface area contributed by atoms with E-state index in [0.717, 1.165) is 44.7 Å². The van der Waals surface area contributed by atoms with Crippen LogP contribution >= 0.6 is 0 Å². The second-order valence-corrected chi connectivity index (χ2v) is 8.35. The van der Waals surface area contributed by atoms with Gasteiger partial charge in [-0.25, -0.2) is 12.7 Å². The molecular formula is C14H24N4O3S. The van der Waals surface area contributed by atoms with E-state index in [1.54, 1.807) is 11.2 Å². The van der Waals surface area contributed by atoms with E-state index in [2.05, 4.69) is 15.5 Å². The van der Waals surface area contributed by atoms with E-state index in [-0.39, 0.29) is 11.7 Å². The summed E-state index contributed by atoms with van der Waals surface area (Å²) >= 11 is 0. The number of hydrogen-bond acceptors (Lipinski definition) is 6. The van der Waals surface area contributed by atoms with Crippen molar-refractivity contribution in [2.24, 2.45) is 0 Å². The Labute approximate surface area is 131 Å². The summed E-state index contributed by atoms with van der Waals surface area (Å²) in [5.41, 5.74) is 0. The molecule has 0 aromatic carbocycles. The Bertz CT molecular complexity index is 587. The first-order valence-corrected chi connectivity index (χ1v) is 9.73. The van der Waals surface area contributed by atoms with Gasteiger partial charge < -0.3 is 9.73 Å². The summed E-state index contributed by atoms with van der Waals surface area (Å²) in [7, 11) is -3.08. The molecular weight excluding hydrogens is 304 g/mol. The molecule has 1 atom stereocenters. The van der Waals surface area contributed by atoms with Crippen molar-refractivity contribution in [1.82, 2.24) is 19.8 Å². The van der Waals surface area contributed by atoms with Crippen LogP contribution in [0.5, 0.6) is 0 Å². The lowest BCUT2D eigenvalue weighted by atomic mass is 9.98. The predicted molar refractivity (Wildman–Crippen MR) is 82.2 cm³/mol. The first-order valence-electron chi connectivity index (χ1n) is 8.12. The number of sulfonamides is 1. The van der Waals surface area contributed by atoms with Gasteiger partial charge in [0.15, 0.2) is 0 Å². The Balaban J connectivity index is 1.61. The van der Waals surface area contributed by atoms with Crippen LogP contribution in [0.2, 0.25) is 0 Å². The zero-order valence-electron chi connectivity index (χ0n) is 13.0. The van der Waals surface area contributed by atoms with Gasteiger partial charge in [0.1, 0.15) is 0 Å². The van der Waals surface area contributed by atoms with Crippen molar-refractivity contribution >= 4 is 10.0 Å². The van der Waals surface area contributed by atoms with E-state index in [4.69, 9.17) is 4.42 Å². The molecule has 1 aromatic rings. The number of piperidine rings is 2. The fraction of sp³-hybridized carbons (Fsp3) is 0.857. The highest BCUT2D eigenvalue weighted by Crippen LogP contribution is 2.30. The van der Waals surface area contributed by atoms with Crippen LogP contribution < -0.4 is 5.32 Å². The van der Waals surface area contributed by atoms with E-state index in [1.807, 2.05) is 0 Å². The molecule has 7 nitrogen and oxygen atoms in total. The average Bonchev–Trinajstić information content (AvgIpc) is 3.06. The molecule has 1 aromatic heterocycles. The largest absolute Gasteiger partial charge is 0.425 e. The molecule has 0 bridgehead atoms. The van der Waals surface area contributed by atoms with Crippen LogP contribution in [0.1, 0.15) is 56.2 Å². The van der Waals surface area contributed by atoms with Crippen LogP contribution in [-0.4, -0.2) is 54.9 Å². The van der Waals surface area contributed by atoms with E-state index in [9.17, 15) is 8.42 Å². The van der Waals surface area contributed by atoms with E-state index < -0.39 is 10.0 Å². The minimum atomic E-state index is -3.08. The van der Waals surface area contributed by atoms with E-state index >= 15 is 0 Å². The Hall–Kier alpha value is -0.990. The molecule has 8 heteroatoms. The maximum atomic E-state index is 11.9. The van der Waals surface area contributed by atoms with E-state index in [0.29, 0.717) is 24.9 Å². The zero-order valence-corrected chi connectivity index (χ0v) is 13.8. The number of hydrogen-bond donors (Lipinski definition) is 1. The minimum Gasteiger partial charge on any atom is -0.425 e. The third kappa shape index (κ3) is 3.33. The molecule has 124 valence electrons. The van der Waals surface area contributed by atoms with Gasteiger partial charge in [0.2, 0.25) is 21.8 Å². The minimum absolute atomic E-state index is 0.164. The Morgan fingerprint density at radius 3 is 2.45 bits per heavy atom. The first-order chi connectivity index (χ1) is 10.6. The van der Waals surface area contributed by atoms with Crippen molar-refractivity contribution in [3.05, 3.63) is 11.8 Å². The van der Waals surface area contributed by atoms with Crippen LogP contribution in [0.3, 0.4) is 0 Å². The monoisotopic (exact) mass is 328 g/mol. The van der Waals surface area contributed by atoms with Crippen molar-refractivity contribution in [1.29, 1.82) is 0 Å². The van der Waals surface area contributed by atoms with Crippen molar-refractivity contribution in [3.63, 3.8) is 0 Å². The molecule has 2 saturated heterocycles.